The maximum Gasteiger partial charge on any atom is 0.260 e. The monoisotopic (exact) mass is 349 g/mol. The Labute approximate surface area is 150 Å². The molecule has 3 heterocycles. The van der Waals surface area contributed by atoms with E-state index in [2.05, 4.69) is 25.1 Å². The zero-order valence-electron chi connectivity index (χ0n) is 14.9. The number of nitrogens with one attached hydrogen (secondary N) is 1. The van der Waals surface area contributed by atoms with Gasteiger partial charge in [-0.25, -0.2) is 9.97 Å². The number of imidazole rings is 1. The molecule has 0 unspecified atom stereocenters. The minimum Gasteiger partial charge on any atom is -0.496 e. The minimum absolute atomic E-state index is 0.456. The van der Waals surface area contributed by atoms with E-state index in [1.54, 1.807) is 13.3 Å². The van der Waals surface area contributed by atoms with Gasteiger partial charge in [-0.2, -0.15) is 4.98 Å². The molecule has 26 heavy (non-hydrogen) atoms. The van der Waals surface area contributed by atoms with Crippen LogP contribution in [0, 0.1) is 6.92 Å². The Bertz CT molecular complexity index is 1070. The molecule has 0 aliphatic rings. The quantitative estimate of drug-likeness (QED) is 0.593. The molecule has 0 amide bonds. The number of aromatic nitrogens is 5. The maximum atomic E-state index is 5.49. The summed E-state index contributed by atoms with van der Waals surface area (Å²) in [6, 6.07) is 7.92. The van der Waals surface area contributed by atoms with Gasteiger partial charge in [-0.05, 0) is 30.2 Å². The van der Waals surface area contributed by atoms with Gasteiger partial charge < -0.3 is 14.2 Å². The number of benzene rings is 1. The van der Waals surface area contributed by atoms with Crippen LogP contribution < -0.4 is 4.74 Å². The maximum absolute atomic E-state index is 5.49. The SMILES string of the molecule is CCc1nc2nccc(-c3nc(Cc4ccc(C)c(OC)c4)no3)c2[nH]1. The average molecular weight is 349 g/mol. The largest absolute Gasteiger partial charge is 0.496 e. The number of aromatic amines is 1. The third kappa shape index (κ3) is 2.92. The van der Waals surface area contributed by atoms with Crippen LogP contribution in [0.3, 0.4) is 0 Å². The molecule has 0 saturated heterocycles. The van der Waals surface area contributed by atoms with Gasteiger partial charge in [0.15, 0.2) is 11.5 Å². The van der Waals surface area contributed by atoms with E-state index in [9.17, 15) is 0 Å². The number of rotatable bonds is 5. The second kappa shape index (κ2) is 6.59. The Morgan fingerprint density at radius 2 is 2.08 bits per heavy atom. The van der Waals surface area contributed by atoms with Gasteiger partial charge in [0.25, 0.3) is 5.89 Å². The fourth-order valence-electron chi connectivity index (χ4n) is 2.90. The molecule has 0 atom stereocenters. The molecule has 132 valence electrons. The number of fused-ring (bicyclic) bond motifs is 1. The molecular formula is C19H19N5O2. The molecule has 0 bridgehead atoms. The van der Waals surface area contributed by atoms with Crippen LogP contribution in [0.1, 0.15) is 29.7 Å². The molecule has 1 N–H and O–H groups in total. The fraction of sp³-hybridized carbons (Fsp3) is 0.263. The van der Waals surface area contributed by atoms with E-state index in [0.717, 1.165) is 40.2 Å². The van der Waals surface area contributed by atoms with Crippen molar-refractivity contribution in [2.24, 2.45) is 0 Å². The number of aryl methyl sites for hydroxylation is 2. The predicted octanol–water partition coefficient (Wildman–Crippen LogP) is 3.48. The number of nitrogens with zero attached hydrogens (tertiary/aromatic N) is 4. The molecule has 0 radical (unpaired) electrons. The van der Waals surface area contributed by atoms with Crippen molar-refractivity contribution in [3.05, 3.63) is 53.2 Å². The van der Waals surface area contributed by atoms with Crippen molar-refractivity contribution in [3.63, 3.8) is 0 Å². The predicted molar refractivity (Wildman–Crippen MR) is 97.1 cm³/mol. The highest BCUT2D eigenvalue weighted by atomic mass is 16.5. The molecule has 0 fully saturated rings. The standard InChI is InChI=1S/C19H19N5O2/c1-4-15-21-17-13(7-8-20-18(17)22-15)19-23-16(24-26-19)10-12-6-5-11(2)14(9-12)25-3/h5-9H,4,10H2,1-3H3,(H,20,21,22). The zero-order valence-corrected chi connectivity index (χ0v) is 14.9. The first-order valence-corrected chi connectivity index (χ1v) is 8.48. The van der Waals surface area contributed by atoms with Crippen LogP contribution >= 0.6 is 0 Å². The third-order valence-electron chi connectivity index (χ3n) is 4.31. The molecule has 0 aliphatic carbocycles. The minimum atomic E-state index is 0.456. The van der Waals surface area contributed by atoms with E-state index in [0.29, 0.717) is 23.8 Å². The van der Waals surface area contributed by atoms with Crippen LogP contribution in [0.5, 0.6) is 5.75 Å². The van der Waals surface area contributed by atoms with Gasteiger partial charge in [0.1, 0.15) is 11.6 Å². The number of pyridine rings is 1. The van der Waals surface area contributed by atoms with Crippen molar-refractivity contribution in [2.45, 2.75) is 26.7 Å². The van der Waals surface area contributed by atoms with E-state index in [1.807, 2.05) is 38.1 Å². The van der Waals surface area contributed by atoms with E-state index in [4.69, 9.17) is 9.26 Å². The topological polar surface area (TPSA) is 89.7 Å². The van der Waals surface area contributed by atoms with E-state index in [-0.39, 0.29) is 0 Å². The summed E-state index contributed by atoms with van der Waals surface area (Å²) >= 11 is 0. The van der Waals surface area contributed by atoms with Crippen molar-refractivity contribution in [2.75, 3.05) is 7.11 Å². The number of hydrogen-bond donors (Lipinski definition) is 1. The summed E-state index contributed by atoms with van der Waals surface area (Å²) in [4.78, 5) is 16.6. The second-order valence-corrected chi connectivity index (χ2v) is 6.09. The summed E-state index contributed by atoms with van der Waals surface area (Å²) in [6.45, 7) is 4.05. The molecule has 0 aliphatic heterocycles. The first-order chi connectivity index (χ1) is 12.7. The zero-order chi connectivity index (χ0) is 18.1. The lowest BCUT2D eigenvalue weighted by Gasteiger charge is -2.06. The molecule has 4 aromatic rings. The highest BCUT2D eigenvalue weighted by Crippen LogP contribution is 2.26. The van der Waals surface area contributed by atoms with E-state index in [1.165, 1.54) is 0 Å². The summed E-state index contributed by atoms with van der Waals surface area (Å²) < 4.78 is 10.9. The molecule has 7 heteroatoms. The van der Waals surface area contributed by atoms with E-state index >= 15 is 0 Å². The summed E-state index contributed by atoms with van der Waals surface area (Å²) in [6.07, 6.45) is 3.07. The molecule has 7 nitrogen and oxygen atoms in total. The van der Waals surface area contributed by atoms with Crippen LogP contribution in [0.4, 0.5) is 0 Å². The number of H-pyrrole nitrogens is 1. The Morgan fingerprint density at radius 3 is 2.88 bits per heavy atom. The smallest absolute Gasteiger partial charge is 0.260 e. The van der Waals surface area contributed by atoms with Crippen LogP contribution in [0.2, 0.25) is 0 Å². The lowest BCUT2D eigenvalue weighted by molar-refractivity contribution is 0.411. The lowest BCUT2D eigenvalue weighted by Crippen LogP contribution is -1.94. The van der Waals surface area contributed by atoms with Gasteiger partial charge in [-0.15, -0.1) is 0 Å². The third-order valence-corrected chi connectivity index (χ3v) is 4.31. The Kier molecular flexibility index (Phi) is 4.12. The van der Waals surface area contributed by atoms with Crippen LogP contribution in [-0.2, 0) is 12.8 Å². The fourth-order valence-corrected chi connectivity index (χ4v) is 2.90. The Morgan fingerprint density at radius 1 is 1.19 bits per heavy atom. The molecule has 3 aromatic heterocycles. The van der Waals surface area contributed by atoms with Crippen LogP contribution in [0.15, 0.2) is 35.0 Å². The van der Waals surface area contributed by atoms with Gasteiger partial charge in [0.2, 0.25) is 0 Å². The van der Waals surface area contributed by atoms with Crippen LogP contribution in [0.25, 0.3) is 22.6 Å². The lowest BCUT2D eigenvalue weighted by atomic mass is 10.1. The van der Waals surface area contributed by atoms with Crippen LogP contribution in [-0.4, -0.2) is 32.2 Å². The van der Waals surface area contributed by atoms with Gasteiger partial charge >= 0.3 is 0 Å². The second-order valence-electron chi connectivity index (χ2n) is 6.09. The Balaban J connectivity index is 1.65. The molecule has 0 spiro atoms. The normalized spacial score (nSPS) is 11.2. The van der Waals surface area contributed by atoms with Gasteiger partial charge in [-0.3, -0.25) is 0 Å². The van der Waals surface area contributed by atoms with E-state index < -0.39 is 0 Å². The summed E-state index contributed by atoms with van der Waals surface area (Å²) in [7, 11) is 1.67. The van der Waals surface area contributed by atoms with Crippen molar-refractivity contribution in [1.29, 1.82) is 0 Å². The molecule has 1 aromatic carbocycles. The molecule has 4 rings (SSSR count). The molecule has 0 saturated carbocycles. The van der Waals surface area contributed by atoms with Crippen molar-refractivity contribution in [3.8, 4) is 17.2 Å². The highest BCUT2D eigenvalue weighted by Gasteiger charge is 2.15. The highest BCUT2D eigenvalue weighted by molar-refractivity contribution is 5.86. The Hall–Kier alpha value is -3.22. The number of hydrogen-bond acceptors (Lipinski definition) is 6. The van der Waals surface area contributed by atoms with Gasteiger partial charge in [0, 0.05) is 19.0 Å². The first kappa shape index (κ1) is 16.3. The van der Waals surface area contributed by atoms with Gasteiger partial charge in [-0.1, -0.05) is 24.2 Å². The number of ether oxygens (including phenoxy) is 1. The number of methoxy groups -OCH3 is 1. The summed E-state index contributed by atoms with van der Waals surface area (Å²) in [5, 5.41) is 4.12. The van der Waals surface area contributed by atoms with Crippen molar-refractivity contribution in [1.82, 2.24) is 25.1 Å². The first-order valence-electron chi connectivity index (χ1n) is 8.48. The summed E-state index contributed by atoms with van der Waals surface area (Å²) in [5.74, 6) is 2.81. The summed E-state index contributed by atoms with van der Waals surface area (Å²) in [5.41, 5.74) is 4.44. The molecular weight excluding hydrogens is 330 g/mol. The van der Waals surface area contributed by atoms with Crippen molar-refractivity contribution < 1.29 is 9.26 Å². The van der Waals surface area contributed by atoms with Gasteiger partial charge in [0.05, 0.1) is 18.2 Å². The van der Waals surface area contributed by atoms with Crippen molar-refractivity contribution >= 4 is 11.2 Å². The average Bonchev–Trinajstić information content (AvgIpc) is 3.29.